The third kappa shape index (κ3) is 6.65. The van der Waals surface area contributed by atoms with Crippen LogP contribution in [0.4, 0.5) is 0 Å². The molecule has 0 aromatic heterocycles. The van der Waals surface area contributed by atoms with Gasteiger partial charge in [-0.05, 0) is 31.9 Å². The second-order valence-corrected chi connectivity index (χ2v) is 5.86. The van der Waals surface area contributed by atoms with Crippen molar-refractivity contribution in [2.45, 2.75) is 26.2 Å². The molecule has 5 heteroatoms. The smallest absolute Gasteiger partial charge is 0.239 e. The highest BCUT2D eigenvalue weighted by atomic mass is 16.2. The molecule has 0 fully saturated rings. The Bertz CT molecular complexity index is 564. The molecule has 0 saturated heterocycles. The van der Waals surface area contributed by atoms with E-state index in [1.807, 2.05) is 31.2 Å². The van der Waals surface area contributed by atoms with Crippen LogP contribution in [0.25, 0.3) is 0 Å². The standard InChI is InChI=1S/C18H25N3O2/c1-14-2-4-15(5-3-14)6-7-17(22)21-13-18(23)20-12-16-8-10-19-11-9-16/h2-5,8,19H,6-7,9-13H2,1H3,(H,20,23)(H,21,22). The van der Waals surface area contributed by atoms with Gasteiger partial charge in [0.15, 0.2) is 0 Å². The summed E-state index contributed by atoms with van der Waals surface area (Å²) in [5, 5.41) is 8.73. The van der Waals surface area contributed by atoms with Crippen molar-refractivity contribution in [1.29, 1.82) is 0 Å². The van der Waals surface area contributed by atoms with Crippen LogP contribution in [0.1, 0.15) is 24.0 Å². The first-order chi connectivity index (χ1) is 11.1. The van der Waals surface area contributed by atoms with Gasteiger partial charge in [0.05, 0.1) is 6.54 Å². The van der Waals surface area contributed by atoms with Gasteiger partial charge in [-0.15, -0.1) is 0 Å². The van der Waals surface area contributed by atoms with Crippen molar-refractivity contribution >= 4 is 11.8 Å². The van der Waals surface area contributed by atoms with Gasteiger partial charge in [-0.2, -0.15) is 0 Å². The highest BCUT2D eigenvalue weighted by Gasteiger charge is 2.08. The molecule has 2 amide bonds. The third-order valence-electron chi connectivity index (χ3n) is 3.88. The number of nitrogens with one attached hydrogen (secondary N) is 3. The molecule has 5 nitrogen and oxygen atoms in total. The van der Waals surface area contributed by atoms with Crippen molar-refractivity contribution in [2.24, 2.45) is 0 Å². The summed E-state index contributed by atoms with van der Waals surface area (Å²) in [7, 11) is 0. The summed E-state index contributed by atoms with van der Waals surface area (Å²) < 4.78 is 0. The molecular weight excluding hydrogens is 290 g/mol. The van der Waals surface area contributed by atoms with E-state index >= 15 is 0 Å². The quantitative estimate of drug-likeness (QED) is 0.660. The van der Waals surface area contributed by atoms with Crippen LogP contribution >= 0.6 is 0 Å². The minimum atomic E-state index is -0.145. The monoisotopic (exact) mass is 315 g/mol. The number of hydrogen-bond donors (Lipinski definition) is 3. The van der Waals surface area contributed by atoms with Crippen LogP contribution in [0.5, 0.6) is 0 Å². The van der Waals surface area contributed by atoms with Crippen LogP contribution in [0, 0.1) is 6.92 Å². The van der Waals surface area contributed by atoms with Crippen molar-refractivity contribution in [3.63, 3.8) is 0 Å². The molecular formula is C18H25N3O2. The molecule has 0 saturated carbocycles. The van der Waals surface area contributed by atoms with E-state index < -0.39 is 0 Å². The number of benzene rings is 1. The summed E-state index contributed by atoms with van der Waals surface area (Å²) in [5.74, 6) is -0.241. The van der Waals surface area contributed by atoms with Crippen LogP contribution in [0.3, 0.4) is 0 Å². The van der Waals surface area contributed by atoms with Gasteiger partial charge in [0.25, 0.3) is 0 Å². The molecule has 0 spiro atoms. The topological polar surface area (TPSA) is 70.2 Å². The lowest BCUT2D eigenvalue weighted by molar-refractivity contribution is -0.126. The first kappa shape index (κ1) is 17.2. The average molecular weight is 315 g/mol. The first-order valence-electron chi connectivity index (χ1n) is 8.11. The summed E-state index contributed by atoms with van der Waals surface area (Å²) in [5.41, 5.74) is 3.58. The van der Waals surface area contributed by atoms with Gasteiger partial charge in [-0.3, -0.25) is 9.59 Å². The van der Waals surface area contributed by atoms with Gasteiger partial charge in [0.2, 0.25) is 11.8 Å². The Labute approximate surface area is 137 Å². The molecule has 1 aliphatic heterocycles. The zero-order valence-electron chi connectivity index (χ0n) is 13.7. The molecule has 0 atom stereocenters. The van der Waals surface area contributed by atoms with Crippen molar-refractivity contribution < 1.29 is 9.59 Å². The van der Waals surface area contributed by atoms with E-state index in [9.17, 15) is 9.59 Å². The van der Waals surface area contributed by atoms with Crippen molar-refractivity contribution in [1.82, 2.24) is 16.0 Å². The fraction of sp³-hybridized carbons (Fsp3) is 0.444. The maximum atomic E-state index is 11.8. The van der Waals surface area contributed by atoms with E-state index in [4.69, 9.17) is 0 Å². The van der Waals surface area contributed by atoms with E-state index in [-0.39, 0.29) is 18.4 Å². The predicted molar refractivity (Wildman–Crippen MR) is 91.1 cm³/mol. The third-order valence-corrected chi connectivity index (χ3v) is 3.88. The summed E-state index contributed by atoms with van der Waals surface area (Å²) in [6.07, 6.45) is 4.15. The van der Waals surface area contributed by atoms with Gasteiger partial charge in [-0.25, -0.2) is 0 Å². The maximum absolute atomic E-state index is 11.8. The SMILES string of the molecule is Cc1ccc(CCC(=O)NCC(=O)NCC2=CCNCC2)cc1. The minimum Gasteiger partial charge on any atom is -0.351 e. The highest BCUT2D eigenvalue weighted by Crippen LogP contribution is 2.05. The molecule has 3 N–H and O–H groups in total. The average Bonchev–Trinajstić information content (AvgIpc) is 2.58. The Morgan fingerprint density at radius 2 is 1.91 bits per heavy atom. The lowest BCUT2D eigenvalue weighted by atomic mass is 10.1. The van der Waals surface area contributed by atoms with Crippen LogP contribution in [0.2, 0.25) is 0 Å². The van der Waals surface area contributed by atoms with Crippen LogP contribution in [-0.4, -0.2) is 38.0 Å². The Morgan fingerprint density at radius 3 is 2.61 bits per heavy atom. The summed E-state index contributed by atoms with van der Waals surface area (Å²) in [4.78, 5) is 23.5. The molecule has 124 valence electrons. The fourth-order valence-corrected chi connectivity index (χ4v) is 2.38. The predicted octanol–water partition coefficient (Wildman–Crippen LogP) is 1.08. The maximum Gasteiger partial charge on any atom is 0.239 e. The number of hydrogen-bond acceptors (Lipinski definition) is 3. The van der Waals surface area contributed by atoms with Crippen molar-refractivity contribution in [3.8, 4) is 0 Å². The molecule has 0 aliphatic carbocycles. The molecule has 0 bridgehead atoms. The number of carbonyl (C=O) groups excluding carboxylic acids is 2. The van der Waals surface area contributed by atoms with Gasteiger partial charge in [0.1, 0.15) is 0 Å². The Hall–Kier alpha value is -2.14. The zero-order chi connectivity index (χ0) is 16.5. The molecule has 1 aromatic carbocycles. The van der Waals surface area contributed by atoms with Gasteiger partial charge < -0.3 is 16.0 Å². The largest absolute Gasteiger partial charge is 0.351 e. The molecule has 0 unspecified atom stereocenters. The lowest BCUT2D eigenvalue weighted by Gasteiger charge is -2.14. The first-order valence-corrected chi connectivity index (χ1v) is 8.11. The minimum absolute atomic E-state index is 0.0399. The zero-order valence-corrected chi connectivity index (χ0v) is 13.7. The molecule has 1 heterocycles. The van der Waals surface area contributed by atoms with Gasteiger partial charge in [0, 0.05) is 19.5 Å². The summed E-state index contributed by atoms with van der Waals surface area (Å²) >= 11 is 0. The molecule has 0 radical (unpaired) electrons. The second-order valence-electron chi connectivity index (χ2n) is 5.86. The molecule has 2 rings (SSSR count). The normalized spacial score (nSPS) is 14.0. The second kappa shape index (κ2) is 9.10. The number of aryl methyl sites for hydroxylation is 2. The summed E-state index contributed by atoms with van der Waals surface area (Å²) in [6, 6.07) is 8.14. The van der Waals surface area contributed by atoms with Crippen LogP contribution < -0.4 is 16.0 Å². The Morgan fingerprint density at radius 1 is 1.13 bits per heavy atom. The van der Waals surface area contributed by atoms with E-state index in [0.717, 1.165) is 25.1 Å². The molecule has 1 aromatic rings. The van der Waals surface area contributed by atoms with Crippen LogP contribution in [0.15, 0.2) is 35.9 Å². The number of amides is 2. The lowest BCUT2D eigenvalue weighted by Crippen LogP contribution is -2.38. The Kier molecular flexibility index (Phi) is 6.81. The molecule has 23 heavy (non-hydrogen) atoms. The fourth-order valence-electron chi connectivity index (χ4n) is 2.38. The van der Waals surface area contributed by atoms with E-state index in [1.165, 1.54) is 11.1 Å². The Balaban J connectivity index is 1.60. The number of rotatable bonds is 7. The highest BCUT2D eigenvalue weighted by molar-refractivity contribution is 5.84. The van der Waals surface area contributed by atoms with E-state index in [2.05, 4.69) is 22.0 Å². The van der Waals surface area contributed by atoms with Crippen LogP contribution in [-0.2, 0) is 16.0 Å². The van der Waals surface area contributed by atoms with Gasteiger partial charge >= 0.3 is 0 Å². The van der Waals surface area contributed by atoms with E-state index in [0.29, 0.717) is 19.4 Å². The molecule has 1 aliphatic rings. The van der Waals surface area contributed by atoms with Gasteiger partial charge in [-0.1, -0.05) is 41.5 Å². The van der Waals surface area contributed by atoms with Crippen molar-refractivity contribution in [2.75, 3.05) is 26.2 Å². The summed E-state index contributed by atoms with van der Waals surface area (Å²) in [6.45, 7) is 4.46. The number of carbonyl (C=O) groups is 2. The van der Waals surface area contributed by atoms with Crippen molar-refractivity contribution in [3.05, 3.63) is 47.0 Å². The van der Waals surface area contributed by atoms with E-state index in [1.54, 1.807) is 0 Å².